The van der Waals surface area contributed by atoms with Gasteiger partial charge in [-0.05, 0) is 70.5 Å². The lowest BCUT2D eigenvalue weighted by Crippen LogP contribution is -2.55. The zero-order valence-electron chi connectivity index (χ0n) is 21.4. The lowest BCUT2D eigenvalue weighted by Gasteiger charge is -2.55. The number of hydrogen-bond acceptors (Lipinski definition) is 2. The van der Waals surface area contributed by atoms with E-state index in [1.165, 1.54) is 27.9 Å². The van der Waals surface area contributed by atoms with Crippen LogP contribution < -0.4 is 10.1 Å². The highest BCUT2D eigenvalue weighted by atomic mass is 35.5. The number of methoxy groups -OCH3 is 1. The molecule has 1 aliphatic heterocycles. The van der Waals surface area contributed by atoms with Gasteiger partial charge < -0.3 is 10.1 Å². The summed E-state index contributed by atoms with van der Waals surface area (Å²) in [5.41, 5.74) is 6.97. The highest BCUT2D eigenvalue weighted by molar-refractivity contribution is 5.85. The van der Waals surface area contributed by atoms with Crippen LogP contribution in [-0.4, -0.2) is 7.11 Å². The molecule has 0 bridgehead atoms. The van der Waals surface area contributed by atoms with Gasteiger partial charge in [0.1, 0.15) is 5.75 Å². The highest BCUT2D eigenvalue weighted by Gasteiger charge is 2.61. The quantitative estimate of drug-likeness (QED) is 0.412. The Hall–Kier alpha value is -2.45. The van der Waals surface area contributed by atoms with E-state index in [0.717, 1.165) is 25.0 Å². The molecule has 2 nitrogen and oxygen atoms in total. The zero-order valence-corrected chi connectivity index (χ0v) is 22.2. The van der Waals surface area contributed by atoms with Crippen molar-refractivity contribution in [3.8, 4) is 5.75 Å². The van der Waals surface area contributed by atoms with Crippen molar-refractivity contribution in [3.05, 3.63) is 95.1 Å². The minimum Gasteiger partial charge on any atom is -0.497 e. The third kappa shape index (κ3) is 3.62. The second-order valence-corrected chi connectivity index (χ2v) is 11.7. The molecule has 180 valence electrons. The molecule has 1 N–H and O–H groups in total. The minimum atomic E-state index is -0.164. The molecular weight excluding hydrogens is 438 g/mol. The van der Waals surface area contributed by atoms with Gasteiger partial charge in [0.05, 0.1) is 12.6 Å². The first-order valence-corrected chi connectivity index (χ1v) is 12.2. The van der Waals surface area contributed by atoms with Crippen molar-refractivity contribution >= 4 is 18.1 Å². The van der Waals surface area contributed by atoms with E-state index in [1.54, 1.807) is 7.11 Å². The summed E-state index contributed by atoms with van der Waals surface area (Å²) in [6.07, 6.45) is 3.31. The molecule has 5 rings (SSSR count). The van der Waals surface area contributed by atoms with Crippen LogP contribution in [0.4, 0.5) is 5.69 Å². The number of rotatable bonds is 3. The fraction of sp³-hybridized carbons (Fsp3) is 0.419. The number of halogens is 1. The third-order valence-electron chi connectivity index (χ3n) is 8.64. The summed E-state index contributed by atoms with van der Waals surface area (Å²) in [5, 5.41) is 4.11. The lowest BCUT2D eigenvalue weighted by molar-refractivity contribution is 0.128. The molecule has 1 heterocycles. The summed E-state index contributed by atoms with van der Waals surface area (Å²) in [7, 11) is 1.76. The third-order valence-corrected chi connectivity index (χ3v) is 8.64. The van der Waals surface area contributed by atoms with Crippen molar-refractivity contribution in [2.24, 2.45) is 0 Å². The summed E-state index contributed by atoms with van der Waals surface area (Å²) in [4.78, 5) is 0. The number of benzene rings is 3. The van der Waals surface area contributed by atoms with Gasteiger partial charge in [-0.25, -0.2) is 0 Å². The van der Waals surface area contributed by atoms with Crippen LogP contribution in [0.2, 0.25) is 0 Å². The van der Waals surface area contributed by atoms with Gasteiger partial charge in [-0.15, -0.1) is 12.4 Å². The maximum Gasteiger partial charge on any atom is 0.119 e. The molecular formula is C31H38ClNO. The summed E-state index contributed by atoms with van der Waals surface area (Å²) in [5.74, 6) is 0.938. The molecule has 1 saturated carbocycles. The first kappa shape index (κ1) is 24.7. The van der Waals surface area contributed by atoms with Gasteiger partial charge in [-0.2, -0.15) is 0 Å². The number of fused-ring (bicyclic) bond motifs is 3. The summed E-state index contributed by atoms with van der Waals surface area (Å²) >= 11 is 0. The van der Waals surface area contributed by atoms with Crippen molar-refractivity contribution < 1.29 is 4.74 Å². The summed E-state index contributed by atoms with van der Waals surface area (Å²) in [6, 6.07) is 27.0. The Labute approximate surface area is 211 Å². The monoisotopic (exact) mass is 475 g/mol. The van der Waals surface area contributed by atoms with Crippen LogP contribution in [0.1, 0.15) is 76.1 Å². The van der Waals surface area contributed by atoms with Crippen LogP contribution in [0.15, 0.2) is 72.8 Å². The van der Waals surface area contributed by atoms with Gasteiger partial charge in [-0.1, -0.05) is 89.2 Å². The van der Waals surface area contributed by atoms with E-state index < -0.39 is 0 Å². The van der Waals surface area contributed by atoms with E-state index in [2.05, 4.69) is 107 Å². The summed E-state index contributed by atoms with van der Waals surface area (Å²) < 4.78 is 5.59. The lowest BCUT2D eigenvalue weighted by atomic mass is 9.51. The Morgan fingerprint density at radius 2 is 1.53 bits per heavy atom. The number of ether oxygens (including phenoxy) is 1. The van der Waals surface area contributed by atoms with E-state index in [-0.39, 0.29) is 34.2 Å². The maximum absolute atomic E-state index is 5.59. The molecule has 1 aliphatic carbocycles. The highest BCUT2D eigenvalue weighted by Crippen LogP contribution is 2.64. The normalized spacial score (nSPS) is 27.7. The van der Waals surface area contributed by atoms with E-state index in [1.807, 2.05) is 6.07 Å². The van der Waals surface area contributed by atoms with Crippen LogP contribution in [0.3, 0.4) is 0 Å². The van der Waals surface area contributed by atoms with Gasteiger partial charge in [0.2, 0.25) is 0 Å². The van der Waals surface area contributed by atoms with Gasteiger partial charge in [0.25, 0.3) is 0 Å². The molecule has 3 heteroatoms. The van der Waals surface area contributed by atoms with E-state index in [0.29, 0.717) is 0 Å². The molecule has 3 unspecified atom stereocenters. The zero-order chi connectivity index (χ0) is 23.5. The van der Waals surface area contributed by atoms with Crippen LogP contribution in [-0.2, 0) is 21.8 Å². The average Bonchev–Trinajstić information content (AvgIpc) is 3.07. The summed E-state index contributed by atoms with van der Waals surface area (Å²) in [6.45, 7) is 11.9. The molecule has 0 amide bonds. The maximum atomic E-state index is 5.59. The molecule has 3 aromatic carbocycles. The first-order chi connectivity index (χ1) is 15.6. The van der Waals surface area contributed by atoms with Crippen molar-refractivity contribution in [3.63, 3.8) is 0 Å². The average molecular weight is 476 g/mol. The second-order valence-electron chi connectivity index (χ2n) is 11.7. The molecule has 0 aromatic heterocycles. The largest absolute Gasteiger partial charge is 0.497 e. The Morgan fingerprint density at radius 3 is 2.21 bits per heavy atom. The SMILES string of the molecule is COc1cccc(C2(C)CCC3(C)c4cc(C(C)(C)C)ccc4NC3(c3ccccc3)C2)c1.Cl. The predicted molar refractivity (Wildman–Crippen MR) is 146 cm³/mol. The van der Waals surface area contributed by atoms with E-state index in [4.69, 9.17) is 4.74 Å². The topological polar surface area (TPSA) is 21.3 Å². The fourth-order valence-corrected chi connectivity index (χ4v) is 6.42. The Kier molecular flexibility index (Phi) is 6.05. The second kappa shape index (κ2) is 8.34. The molecule has 1 fully saturated rings. The Bertz CT molecular complexity index is 1180. The van der Waals surface area contributed by atoms with Crippen LogP contribution in [0, 0.1) is 0 Å². The molecule has 0 spiro atoms. The first-order valence-electron chi connectivity index (χ1n) is 12.2. The molecule has 2 aliphatic rings. The molecule has 0 radical (unpaired) electrons. The minimum absolute atomic E-state index is 0. The number of hydrogen-bond donors (Lipinski definition) is 1. The van der Waals surface area contributed by atoms with Crippen molar-refractivity contribution in [1.29, 1.82) is 0 Å². The van der Waals surface area contributed by atoms with Crippen molar-refractivity contribution in [2.45, 2.75) is 75.7 Å². The van der Waals surface area contributed by atoms with Crippen LogP contribution >= 0.6 is 12.4 Å². The van der Waals surface area contributed by atoms with Gasteiger partial charge in [0.15, 0.2) is 0 Å². The van der Waals surface area contributed by atoms with Crippen LogP contribution in [0.5, 0.6) is 5.75 Å². The number of nitrogens with one attached hydrogen (secondary N) is 1. The van der Waals surface area contributed by atoms with Crippen LogP contribution in [0.25, 0.3) is 0 Å². The van der Waals surface area contributed by atoms with Gasteiger partial charge in [0, 0.05) is 11.1 Å². The van der Waals surface area contributed by atoms with Crippen molar-refractivity contribution in [2.75, 3.05) is 12.4 Å². The molecule has 0 saturated heterocycles. The molecule has 3 aromatic rings. The number of anilines is 1. The Morgan fingerprint density at radius 1 is 0.824 bits per heavy atom. The van der Waals surface area contributed by atoms with E-state index >= 15 is 0 Å². The molecule has 34 heavy (non-hydrogen) atoms. The smallest absolute Gasteiger partial charge is 0.119 e. The predicted octanol–water partition coefficient (Wildman–Crippen LogP) is 8.14. The van der Waals surface area contributed by atoms with Crippen molar-refractivity contribution in [1.82, 2.24) is 0 Å². The van der Waals surface area contributed by atoms with E-state index in [9.17, 15) is 0 Å². The fourth-order valence-electron chi connectivity index (χ4n) is 6.42. The Balaban J connectivity index is 0.00000274. The van der Waals surface area contributed by atoms with Gasteiger partial charge in [-0.3, -0.25) is 0 Å². The van der Waals surface area contributed by atoms with Gasteiger partial charge >= 0.3 is 0 Å². The standard InChI is InChI=1S/C31H37NO.ClH/c1-28(2,3)23-15-16-27-26(20-23)30(5)18-17-29(4,24-13-10-14-25(19-24)33-6)21-31(30,32-27)22-11-8-7-9-12-22;/h7-16,19-20,32H,17-18,21H2,1-6H3;1H. The molecule has 3 atom stereocenters.